The van der Waals surface area contributed by atoms with Gasteiger partial charge in [0.2, 0.25) is 0 Å². The van der Waals surface area contributed by atoms with Crippen molar-refractivity contribution in [3.8, 4) is 5.75 Å². The van der Waals surface area contributed by atoms with Crippen LogP contribution in [0.3, 0.4) is 0 Å². The summed E-state index contributed by atoms with van der Waals surface area (Å²) in [5.74, 6) is 0.659. The van der Waals surface area contributed by atoms with Gasteiger partial charge in [-0.05, 0) is 81.0 Å². The average Bonchev–Trinajstić information content (AvgIpc) is 3.20. The van der Waals surface area contributed by atoms with Gasteiger partial charge in [0.05, 0.1) is 23.9 Å². The highest BCUT2D eigenvalue weighted by Gasteiger charge is 2.32. The van der Waals surface area contributed by atoms with Crippen LogP contribution < -0.4 is 14.4 Å². The molecule has 11 heteroatoms. The number of halogens is 1. The Morgan fingerprint density at radius 2 is 2.11 bits per heavy atom. The summed E-state index contributed by atoms with van der Waals surface area (Å²) >= 11 is 5.44. The first-order valence-corrected chi connectivity index (χ1v) is 14.8. The molecule has 1 aliphatic carbocycles. The summed E-state index contributed by atoms with van der Waals surface area (Å²) in [7, 11) is 0. The van der Waals surface area contributed by atoms with Gasteiger partial charge >= 0.3 is 6.09 Å². The van der Waals surface area contributed by atoms with Crippen molar-refractivity contribution in [1.29, 1.82) is 0 Å². The van der Waals surface area contributed by atoms with Crippen molar-refractivity contribution in [3.63, 3.8) is 0 Å². The first-order chi connectivity index (χ1) is 18.2. The van der Waals surface area contributed by atoms with Gasteiger partial charge in [0, 0.05) is 17.0 Å². The van der Waals surface area contributed by atoms with Crippen LogP contribution in [0.4, 0.5) is 9.80 Å². The predicted molar refractivity (Wildman–Crippen MR) is 152 cm³/mol. The lowest BCUT2D eigenvalue weighted by atomic mass is 9.76. The molecule has 1 aliphatic rings. The number of benzene rings is 2. The maximum atomic E-state index is 12.3. The molecule has 0 saturated heterocycles. The number of nitrogens with zero attached hydrogens (tertiary/aromatic N) is 2. The van der Waals surface area contributed by atoms with E-state index >= 15 is 0 Å². The van der Waals surface area contributed by atoms with E-state index in [2.05, 4.69) is 16.4 Å². The van der Waals surface area contributed by atoms with Gasteiger partial charge in [0.1, 0.15) is 17.4 Å². The molecule has 1 heterocycles. The van der Waals surface area contributed by atoms with Crippen molar-refractivity contribution < 1.29 is 23.0 Å². The highest BCUT2D eigenvalue weighted by atomic mass is 35.5. The second-order valence-electron chi connectivity index (χ2n) is 9.12. The first kappa shape index (κ1) is 28.4. The molecule has 0 aliphatic heterocycles. The predicted octanol–water partition coefficient (Wildman–Crippen LogP) is 5.82. The van der Waals surface area contributed by atoms with E-state index in [1.807, 2.05) is 50.2 Å². The summed E-state index contributed by atoms with van der Waals surface area (Å²) in [5, 5.41) is 5.21. The molecule has 3 atom stereocenters. The van der Waals surface area contributed by atoms with Crippen LogP contribution in [0.1, 0.15) is 46.7 Å². The Bertz CT molecular complexity index is 1300. The molecule has 0 saturated carbocycles. The number of hydrogen-bond acceptors (Lipinski definition) is 6. The lowest BCUT2D eigenvalue weighted by Crippen LogP contribution is -2.43. The number of carbonyl (C=O) groups excluding carboxylic acids is 1. The van der Waals surface area contributed by atoms with Crippen LogP contribution in [-0.2, 0) is 28.8 Å². The lowest BCUT2D eigenvalue weighted by Gasteiger charge is -2.34. The second-order valence-corrected chi connectivity index (χ2v) is 11.6. The minimum Gasteiger partial charge on any atom is -0.492 e. The van der Waals surface area contributed by atoms with Crippen LogP contribution in [0.15, 0.2) is 42.5 Å². The first-order valence-electron chi connectivity index (χ1n) is 12.5. The van der Waals surface area contributed by atoms with Crippen LogP contribution in [0.25, 0.3) is 0 Å². The number of nitrogens with one attached hydrogen (secondary N) is 1. The molecule has 0 bridgehead atoms. The fraction of sp³-hybridized carbons (Fsp3) is 0.407. The Kier molecular flexibility index (Phi) is 9.64. The van der Waals surface area contributed by atoms with Gasteiger partial charge in [-0.3, -0.25) is 8.86 Å². The Morgan fingerprint density at radius 3 is 2.79 bits per heavy atom. The van der Waals surface area contributed by atoms with E-state index in [0.29, 0.717) is 34.5 Å². The number of hydrogen-bond donors (Lipinski definition) is 2. The van der Waals surface area contributed by atoms with Crippen LogP contribution in [0.2, 0.25) is 5.02 Å². The van der Waals surface area contributed by atoms with Crippen molar-refractivity contribution in [3.05, 3.63) is 74.9 Å². The van der Waals surface area contributed by atoms with Gasteiger partial charge in [0.15, 0.2) is 0 Å². The number of aromatic nitrogens is 1. The maximum Gasteiger partial charge on any atom is 0.407 e. The van der Waals surface area contributed by atoms with E-state index in [9.17, 15) is 13.6 Å². The second kappa shape index (κ2) is 12.9. The van der Waals surface area contributed by atoms with E-state index in [4.69, 9.17) is 21.1 Å². The summed E-state index contributed by atoms with van der Waals surface area (Å²) < 4.78 is 34.5. The normalized spacial score (nSPS) is 17.4. The highest BCUT2D eigenvalue weighted by molar-refractivity contribution is 7.81. The van der Waals surface area contributed by atoms with Gasteiger partial charge in [-0.25, -0.2) is 14.0 Å². The zero-order chi connectivity index (χ0) is 27.2. The molecule has 3 aromatic rings. The molecule has 8 nitrogen and oxygen atoms in total. The third-order valence-corrected chi connectivity index (χ3v) is 8.70. The van der Waals surface area contributed by atoms with Crippen molar-refractivity contribution in [1.82, 2.24) is 10.3 Å². The molecule has 3 unspecified atom stereocenters. The molecular formula is C27H32ClN3O5S2. The molecule has 38 heavy (non-hydrogen) atoms. The molecule has 0 fully saturated rings. The van der Waals surface area contributed by atoms with Crippen LogP contribution in [0.5, 0.6) is 5.75 Å². The molecule has 2 N–H and O–H groups in total. The Labute approximate surface area is 234 Å². The Balaban J connectivity index is 1.53. The zero-order valence-electron chi connectivity index (χ0n) is 21.6. The molecule has 1 aromatic heterocycles. The van der Waals surface area contributed by atoms with E-state index < -0.39 is 17.4 Å². The summed E-state index contributed by atoms with van der Waals surface area (Å²) in [6.45, 7) is 6.22. The molecule has 0 radical (unpaired) electrons. The minimum absolute atomic E-state index is 0.00515. The standard InChI is InChI=1S/C27H32ClN3O5S2/c1-4-35-27(32)30-25-11-9-20-8-10-22(16-23(20)24(25)15-19-6-5-7-21(28)14-19)36-13-12-31(38(33)34)26-17(2)29-18(3)37-26/h5-8,10,14,16,24-25H,4,9,11-13,15H2,1-3H3,(H,30,32)(H,33,34). The summed E-state index contributed by atoms with van der Waals surface area (Å²) in [5.41, 5.74) is 4.11. The number of carbonyl (C=O) groups is 1. The van der Waals surface area contributed by atoms with Gasteiger partial charge in [-0.1, -0.05) is 29.8 Å². The fourth-order valence-corrected chi connectivity index (χ4v) is 6.75. The van der Waals surface area contributed by atoms with Gasteiger partial charge in [-0.2, -0.15) is 0 Å². The van der Waals surface area contributed by atoms with E-state index in [-0.39, 0.29) is 25.1 Å². The molecule has 0 spiro atoms. The number of amides is 1. The third kappa shape index (κ3) is 7.05. The SMILES string of the molecule is CCOC(=O)NC1CCc2ccc(OCCN(c3sc(C)nc3C)S(=O)O)cc2C1Cc1cccc(Cl)c1. The molecule has 4 rings (SSSR count). The Morgan fingerprint density at radius 1 is 1.29 bits per heavy atom. The summed E-state index contributed by atoms with van der Waals surface area (Å²) in [4.78, 5) is 16.7. The van der Waals surface area contributed by atoms with Crippen molar-refractivity contribution >= 4 is 45.3 Å². The van der Waals surface area contributed by atoms with Crippen molar-refractivity contribution in [2.75, 3.05) is 24.1 Å². The summed E-state index contributed by atoms with van der Waals surface area (Å²) in [6.07, 6.45) is 1.88. The lowest BCUT2D eigenvalue weighted by molar-refractivity contribution is 0.144. The number of ether oxygens (including phenoxy) is 2. The van der Waals surface area contributed by atoms with Gasteiger partial charge < -0.3 is 14.8 Å². The van der Waals surface area contributed by atoms with Crippen LogP contribution in [0, 0.1) is 13.8 Å². The number of alkyl carbamates (subject to hydrolysis) is 1. The third-order valence-electron chi connectivity index (χ3n) is 6.51. The molecule has 2 aromatic carbocycles. The number of thiazole rings is 1. The van der Waals surface area contributed by atoms with Gasteiger partial charge in [-0.15, -0.1) is 11.3 Å². The van der Waals surface area contributed by atoms with E-state index in [1.165, 1.54) is 21.2 Å². The number of rotatable bonds is 10. The quantitative estimate of drug-likeness (QED) is 0.294. The molecule has 204 valence electrons. The van der Waals surface area contributed by atoms with Crippen LogP contribution >= 0.6 is 22.9 Å². The van der Waals surface area contributed by atoms with E-state index in [1.54, 1.807) is 6.92 Å². The monoisotopic (exact) mass is 577 g/mol. The smallest absolute Gasteiger partial charge is 0.407 e. The molecule has 1 amide bonds. The number of aryl methyl sites for hydroxylation is 3. The summed E-state index contributed by atoms with van der Waals surface area (Å²) in [6, 6.07) is 13.7. The van der Waals surface area contributed by atoms with Gasteiger partial charge in [0.25, 0.3) is 11.3 Å². The maximum absolute atomic E-state index is 12.3. The van der Waals surface area contributed by atoms with Crippen molar-refractivity contribution in [2.45, 2.75) is 52.0 Å². The topological polar surface area (TPSA) is 101 Å². The number of anilines is 1. The Hall–Kier alpha value is -2.66. The van der Waals surface area contributed by atoms with Crippen LogP contribution in [-0.4, -0.2) is 45.6 Å². The molecular weight excluding hydrogens is 546 g/mol. The fourth-order valence-electron chi connectivity index (χ4n) is 4.88. The average molecular weight is 578 g/mol. The van der Waals surface area contributed by atoms with Crippen molar-refractivity contribution in [2.24, 2.45) is 0 Å². The van der Waals surface area contributed by atoms with E-state index in [0.717, 1.165) is 29.0 Å². The zero-order valence-corrected chi connectivity index (χ0v) is 24.0. The highest BCUT2D eigenvalue weighted by Crippen LogP contribution is 2.37. The minimum atomic E-state index is -2.19. The number of fused-ring (bicyclic) bond motifs is 1. The largest absolute Gasteiger partial charge is 0.492 e.